The number of nitrogens with one attached hydrogen (secondary N) is 2. The lowest BCUT2D eigenvalue weighted by molar-refractivity contribution is 0.344. The SMILES string of the molecule is COc1cc2nc3c(c(N[C@@H]4CCCNC4)c2nc1OC)CCC3.Cl. The largest absolute Gasteiger partial charge is 0.491 e. The van der Waals surface area contributed by atoms with Crippen LogP contribution in [-0.2, 0) is 12.8 Å². The summed E-state index contributed by atoms with van der Waals surface area (Å²) in [5.41, 5.74) is 5.43. The van der Waals surface area contributed by atoms with E-state index in [1.807, 2.05) is 6.07 Å². The average molecular weight is 365 g/mol. The maximum Gasteiger partial charge on any atom is 0.257 e. The minimum atomic E-state index is 0. The van der Waals surface area contributed by atoms with Crippen molar-refractivity contribution in [1.29, 1.82) is 0 Å². The Morgan fingerprint density at radius 2 is 2.04 bits per heavy atom. The predicted octanol–water partition coefficient (Wildman–Crippen LogP) is 2.72. The Kier molecular flexibility index (Phi) is 5.49. The lowest BCUT2D eigenvalue weighted by Gasteiger charge is -2.26. The molecule has 7 heteroatoms. The third kappa shape index (κ3) is 3.33. The van der Waals surface area contributed by atoms with Crippen LogP contribution in [0.3, 0.4) is 0 Å². The molecule has 0 saturated carbocycles. The third-order valence-electron chi connectivity index (χ3n) is 4.98. The van der Waals surface area contributed by atoms with Gasteiger partial charge in [0.1, 0.15) is 5.52 Å². The maximum absolute atomic E-state index is 5.40. The Bertz CT molecular complexity index is 763. The quantitative estimate of drug-likeness (QED) is 0.869. The Labute approximate surface area is 154 Å². The van der Waals surface area contributed by atoms with Crippen LogP contribution in [0.2, 0.25) is 0 Å². The second-order valence-electron chi connectivity index (χ2n) is 6.52. The Balaban J connectivity index is 0.00000182. The molecular formula is C18H25ClN4O2. The van der Waals surface area contributed by atoms with Crippen molar-refractivity contribution in [2.75, 3.05) is 32.6 Å². The summed E-state index contributed by atoms with van der Waals surface area (Å²) >= 11 is 0. The Morgan fingerprint density at radius 3 is 2.76 bits per heavy atom. The van der Waals surface area contributed by atoms with Gasteiger partial charge in [0, 0.05) is 24.3 Å². The average Bonchev–Trinajstić information content (AvgIpc) is 3.09. The fourth-order valence-electron chi connectivity index (χ4n) is 3.77. The van der Waals surface area contributed by atoms with Crippen molar-refractivity contribution in [2.45, 2.75) is 38.1 Å². The van der Waals surface area contributed by atoms with Gasteiger partial charge in [-0.05, 0) is 44.2 Å². The molecule has 0 spiro atoms. The zero-order chi connectivity index (χ0) is 16.5. The molecule has 136 valence electrons. The molecule has 3 heterocycles. The second kappa shape index (κ2) is 7.62. The molecule has 0 radical (unpaired) electrons. The number of anilines is 1. The van der Waals surface area contributed by atoms with Gasteiger partial charge < -0.3 is 20.1 Å². The van der Waals surface area contributed by atoms with Crippen molar-refractivity contribution in [2.24, 2.45) is 0 Å². The van der Waals surface area contributed by atoms with E-state index in [2.05, 4.69) is 10.6 Å². The normalized spacial score (nSPS) is 19.2. The third-order valence-corrected chi connectivity index (χ3v) is 4.98. The van der Waals surface area contributed by atoms with Gasteiger partial charge in [0.15, 0.2) is 5.75 Å². The molecule has 1 saturated heterocycles. The summed E-state index contributed by atoms with van der Waals surface area (Å²) in [5.74, 6) is 1.13. The van der Waals surface area contributed by atoms with Crippen LogP contribution in [0.1, 0.15) is 30.5 Å². The number of aryl methyl sites for hydroxylation is 1. The van der Waals surface area contributed by atoms with Gasteiger partial charge in [-0.25, -0.2) is 4.98 Å². The second-order valence-corrected chi connectivity index (χ2v) is 6.52. The molecule has 4 rings (SSSR count). The van der Waals surface area contributed by atoms with Gasteiger partial charge in [-0.2, -0.15) is 0 Å². The molecule has 6 nitrogen and oxygen atoms in total. The molecule has 2 N–H and O–H groups in total. The molecule has 2 aromatic rings. The lowest BCUT2D eigenvalue weighted by Crippen LogP contribution is -2.38. The van der Waals surface area contributed by atoms with Gasteiger partial charge in [-0.3, -0.25) is 4.98 Å². The van der Waals surface area contributed by atoms with Gasteiger partial charge in [0.05, 0.1) is 25.4 Å². The molecule has 1 aliphatic carbocycles. The van der Waals surface area contributed by atoms with Crippen LogP contribution in [0.25, 0.3) is 11.0 Å². The first-order chi connectivity index (χ1) is 11.8. The molecule has 1 atom stereocenters. The number of methoxy groups -OCH3 is 2. The maximum atomic E-state index is 5.40. The molecule has 0 bridgehead atoms. The van der Waals surface area contributed by atoms with Crippen molar-refractivity contribution in [3.05, 3.63) is 17.3 Å². The fourth-order valence-corrected chi connectivity index (χ4v) is 3.77. The summed E-state index contributed by atoms with van der Waals surface area (Å²) < 4.78 is 10.8. The lowest BCUT2D eigenvalue weighted by atomic mass is 10.0. The molecular weight excluding hydrogens is 340 g/mol. The topological polar surface area (TPSA) is 68.3 Å². The number of hydrogen-bond acceptors (Lipinski definition) is 6. The summed E-state index contributed by atoms with van der Waals surface area (Å²) in [5, 5.41) is 7.22. The van der Waals surface area contributed by atoms with Crippen LogP contribution < -0.4 is 20.1 Å². The molecule has 2 aromatic heterocycles. The number of ether oxygens (including phenoxy) is 2. The molecule has 0 amide bonds. The highest BCUT2D eigenvalue weighted by atomic mass is 35.5. The number of halogens is 1. The minimum absolute atomic E-state index is 0. The zero-order valence-electron chi connectivity index (χ0n) is 14.7. The van der Waals surface area contributed by atoms with E-state index in [-0.39, 0.29) is 12.4 Å². The number of fused-ring (bicyclic) bond motifs is 2. The van der Waals surface area contributed by atoms with E-state index < -0.39 is 0 Å². The highest BCUT2D eigenvalue weighted by Crippen LogP contribution is 2.37. The van der Waals surface area contributed by atoms with Crippen molar-refractivity contribution in [1.82, 2.24) is 15.3 Å². The van der Waals surface area contributed by atoms with Crippen molar-refractivity contribution < 1.29 is 9.47 Å². The van der Waals surface area contributed by atoms with E-state index in [1.165, 1.54) is 24.1 Å². The molecule has 0 unspecified atom stereocenters. The summed E-state index contributed by atoms with van der Waals surface area (Å²) in [4.78, 5) is 9.55. The van der Waals surface area contributed by atoms with E-state index in [0.717, 1.165) is 49.1 Å². The van der Waals surface area contributed by atoms with Crippen LogP contribution in [0, 0.1) is 0 Å². The first-order valence-electron chi connectivity index (χ1n) is 8.72. The van der Waals surface area contributed by atoms with Gasteiger partial charge in [0.25, 0.3) is 5.88 Å². The molecule has 0 aromatic carbocycles. The smallest absolute Gasteiger partial charge is 0.257 e. The molecule has 1 aliphatic heterocycles. The molecule has 2 aliphatic rings. The highest BCUT2D eigenvalue weighted by molar-refractivity contribution is 5.92. The van der Waals surface area contributed by atoms with Crippen LogP contribution in [0.15, 0.2) is 6.07 Å². The van der Waals surface area contributed by atoms with E-state index in [4.69, 9.17) is 19.4 Å². The van der Waals surface area contributed by atoms with E-state index in [0.29, 0.717) is 17.7 Å². The van der Waals surface area contributed by atoms with Crippen LogP contribution in [0.4, 0.5) is 5.69 Å². The van der Waals surface area contributed by atoms with Crippen molar-refractivity contribution in [3.8, 4) is 11.6 Å². The molecule has 25 heavy (non-hydrogen) atoms. The summed E-state index contributed by atoms with van der Waals surface area (Å²) in [6, 6.07) is 2.37. The number of nitrogens with zero attached hydrogens (tertiary/aromatic N) is 2. The summed E-state index contributed by atoms with van der Waals surface area (Å²) in [6.07, 6.45) is 5.64. The first-order valence-corrected chi connectivity index (χ1v) is 8.72. The number of rotatable bonds is 4. The predicted molar refractivity (Wildman–Crippen MR) is 101 cm³/mol. The van der Waals surface area contributed by atoms with Gasteiger partial charge in [-0.15, -0.1) is 12.4 Å². The van der Waals surface area contributed by atoms with Crippen LogP contribution in [0.5, 0.6) is 11.6 Å². The number of piperidine rings is 1. The van der Waals surface area contributed by atoms with Crippen molar-refractivity contribution >= 4 is 29.1 Å². The Morgan fingerprint density at radius 1 is 1.16 bits per heavy atom. The molecule has 1 fully saturated rings. The van der Waals surface area contributed by atoms with Gasteiger partial charge in [-0.1, -0.05) is 0 Å². The van der Waals surface area contributed by atoms with E-state index in [9.17, 15) is 0 Å². The van der Waals surface area contributed by atoms with Crippen LogP contribution in [-0.4, -0.2) is 43.3 Å². The monoisotopic (exact) mass is 364 g/mol. The van der Waals surface area contributed by atoms with Gasteiger partial charge >= 0.3 is 0 Å². The van der Waals surface area contributed by atoms with Crippen molar-refractivity contribution in [3.63, 3.8) is 0 Å². The standard InChI is InChI=1S/C18H24N4O2.ClH/c1-23-15-9-14-17(22-18(15)24-2)16(12-6-3-7-13(12)21-14)20-11-5-4-8-19-10-11;/h9,11,19H,3-8,10H2,1-2H3,(H,20,21);1H/t11-;/m1./s1. The van der Waals surface area contributed by atoms with E-state index in [1.54, 1.807) is 14.2 Å². The van der Waals surface area contributed by atoms with E-state index >= 15 is 0 Å². The Hall–Kier alpha value is -1.79. The highest BCUT2D eigenvalue weighted by Gasteiger charge is 2.24. The van der Waals surface area contributed by atoms with Crippen LogP contribution >= 0.6 is 12.4 Å². The fraction of sp³-hybridized carbons (Fsp3) is 0.556. The summed E-state index contributed by atoms with van der Waals surface area (Å²) in [6.45, 7) is 2.10. The number of pyridine rings is 2. The summed E-state index contributed by atoms with van der Waals surface area (Å²) in [7, 11) is 3.25. The zero-order valence-corrected chi connectivity index (χ0v) is 15.5. The first kappa shape index (κ1) is 18.0. The van der Waals surface area contributed by atoms with Gasteiger partial charge in [0.2, 0.25) is 0 Å². The number of hydrogen-bond donors (Lipinski definition) is 2. The number of aromatic nitrogens is 2. The minimum Gasteiger partial charge on any atom is -0.491 e.